The first-order chi connectivity index (χ1) is 9.70. The van der Waals surface area contributed by atoms with Gasteiger partial charge in [-0.3, -0.25) is 4.79 Å². The molecule has 2 rings (SSSR count). The van der Waals surface area contributed by atoms with Gasteiger partial charge in [0.1, 0.15) is 0 Å². The molecule has 3 heteroatoms. The Morgan fingerprint density at radius 2 is 1.55 bits per heavy atom. The number of rotatable bonds is 4. The van der Waals surface area contributed by atoms with Crippen molar-refractivity contribution >= 4 is 17.8 Å². The van der Waals surface area contributed by atoms with E-state index in [1.165, 1.54) is 13.2 Å². The molecular formula is C17H14O3. The van der Waals surface area contributed by atoms with Crippen molar-refractivity contribution in [2.45, 2.75) is 0 Å². The second kappa shape index (κ2) is 6.48. The predicted molar refractivity (Wildman–Crippen MR) is 77.6 cm³/mol. The second-order valence-electron chi connectivity index (χ2n) is 4.18. The third-order valence-corrected chi connectivity index (χ3v) is 2.82. The summed E-state index contributed by atoms with van der Waals surface area (Å²) in [5.74, 6) is -0.427. The van der Waals surface area contributed by atoms with Gasteiger partial charge >= 0.3 is 5.97 Å². The molecule has 100 valence electrons. The van der Waals surface area contributed by atoms with E-state index < -0.39 is 0 Å². The van der Waals surface area contributed by atoms with Crippen LogP contribution in [0.1, 0.15) is 26.3 Å². The van der Waals surface area contributed by atoms with Crippen LogP contribution in [0.25, 0.3) is 6.08 Å². The average molecular weight is 266 g/mol. The highest BCUT2D eigenvalue weighted by Gasteiger charge is 2.03. The van der Waals surface area contributed by atoms with Gasteiger partial charge in [-0.25, -0.2) is 4.79 Å². The molecule has 0 amide bonds. The fourth-order valence-electron chi connectivity index (χ4n) is 1.72. The van der Waals surface area contributed by atoms with Crippen molar-refractivity contribution in [3.05, 3.63) is 77.4 Å². The molecule has 0 aromatic heterocycles. The highest BCUT2D eigenvalue weighted by atomic mass is 16.5. The zero-order valence-electron chi connectivity index (χ0n) is 11.1. The Kier molecular flexibility index (Phi) is 4.45. The molecule has 2 aromatic rings. The highest BCUT2D eigenvalue weighted by Crippen LogP contribution is 2.09. The topological polar surface area (TPSA) is 43.4 Å². The molecule has 0 spiro atoms. The lowest BCUT2D eigenvalue weighted by atomic mass is 10.1. The Balaban J connectivity index is 2.08. The summed E-state index contributed by atoms with van der Waals surface area (Å²) in [6.07, 6.45) is 3.23. The van der Waals surface area contributed by atoms with E-state index in [-0.39, 0.29) is 11.8 Å². The third-order valence-electron chi connectivity index (χ3n) is 2.82. The summed E-state index contributed by atoms with van der Waals surface area (Å²) in [6, 6.07) is 15.9. The first kappa shape index (κ1) is 13.7. The zero-order valence-corrected chi connectivity index (χ0v) is 11.1. The molecule has 0 aliphatic rings. The van der Waals surface area contributed by atoms with Gasteiger partial charge in [-0.15, -0.1) is 0 Å². The SMILES string of the molecule is COC(=O)c1ccc(/C=C\C(=O)c2ccccc2)cc1. The number of methoxy groups -OCH3 is 1. The number of esters is 1. The molecular weight excluding hydrogens is 252 g/mol. The Bertz CT molecular complexity index is 625. The van der Waals surface area contributed by atoms with Gasteiger partial charge in [0.15, 0.2) is 5.78 Å². The summed E-state index contributed by atoms with van der Waals surface area (Å²) >= 11 is 0. The average Bonchev–Trinajstić information content (AvgIpc) is 2.53. The Morgan fingerprint density at radius 3 is 2.15 bits per heavy atom. The monoisotopic (exact) mass is 266 g/mol. The normalized spacial score (nSPS) is 10.4. The Labute approximate surface area is 117 Å². The number of carbonyl (C=O) groups excluding carboxylic acids is 2. The lowest BCUT2D eigenvalue weighted by Crippen LogP contribution is -2.00. The van der Waals surface area contributed by atoms with Crippen LogP contribution in [-0.4, -0.2) is 18.9 Å². The zero-order chi connectivity index (χ0) is 14.4. The first-order valence-corrected chi connectivity index (χ1v) is 6.16. The van der Waals surface area contributed by atoms with Crippen LogP contribution in [0.15, 0.2) is 60.7 Å². The molecule has 0 saturated heterocycles. The van der Waals surface area contributed by atoms with Crippen LogP contribution in [-0.2, 0) is 4.74 Å². The summed E-state index contributed by atoms with van der Waals surface area (Å²) in [5, 5.41) is 0. The van der Waals surface area contributed by atoms with Crippen molar-refractivity contribution in [1.29, 1.82) is 0 Å². The van der Waals surface area contributed by atoms with Crippen LogP contribution in [0.5, 0.6) is 0 Å². The number of hydrogen-bond donors (Lipinski definition) is 0. The van der Waals surface area contributed by atoms with Crippen molar-refractivity contribution < 1.29 is 14.3 Å². The molecule has 3 nitrogen and oxygen atoms in total. The summed E-state index contributed by atoms with van der Waals surface area (Å²) in [5.41, 5.74) is 1.98. The number of allylic oxidation sites excluding steroid dienone is 1. The van der Waals surface area contributed by atoms with Gasteiger partial charge in [0, 0.05) is 5.56 Å². The maximum Gasteiger partial charge on any atom is 0.337 e. The minimum Gasteiger partial charge on any atom is -0.465 e. The molecule has 0 N–H and O–H groups in total. The summed E-state index contributed by atoms with van der Waals surface area (Å²) in [4.78, 5) is 23.2. The molecule has 0 aliphatic carbocycles. The van der Waals surface area contributed by atoms with Crippen molar-refractivity contribution in [2.24, 2.45) is 0 Å². The fourth-order valence-corrected chi connectivity index (χ4v) is 1.72. The van der Waals surface area contributed by atoms with E-state index in [0.717, 1.165) is 5.56 Å². The number of ether oxygens (including phenoxy) is 1. The minimum atomic E-state index is -0.374. The van der Waals surface area contributed by atoms with Gasteiger partial charge in [-0.05, 0) is 23.8 Å². The summed E-state index contributed by atoms with van der Waals surface area (Å²) in [7, 11) is 1.34. The van der Waals surface area contributed by atoms with Crippen molar-refractivity contribution in [1.82, 2.24) is 0 Å². The number of benzene rings is 2. The van der Waals surface area contributed by atoms with Crippen LogP contribution in [0.3, 0.4) is 0 Å². The maximum atomic E-state index is 11.9. The van der Waals surface area contributed by atoms with Gasteiger partial charge < -0.3 is 4.74 Å². The molecule has 0 heterocycles. The van der Waals surface area contributed by atoms with Gasteiger partial charge in [0.25, 0.3) is 0 Å². The summed E-state index contributed by atoms with van der Waals surface area (Å²) in [6.45, 7) is 0. The van der Waals surface area contributed by atoms with E-state index >= 15 is 0 Å². The molecule has 2 aromatic carbocycles. The lowest BCUT2D eigenvalue weighted by molar-refractivity contribution is 0.0600. The van der Waals surface area contributed by atoms with Gasteiger partial charge in [0.05, 0.1) is 12.7 Å². The van der Waals surface area contributed by atoms with E-state index in [9.17, 15) is 9.59 Å². The molecule has 0 bridgehead atoms. The van der Waals surface area contributed by atoms with Crippen LogP contribution in [0.2, 0.25) is 0 Å². The largest absolute Gasteiger partial charge is 0.465 e. The molecule has 0 unspecified atom stereocenters. The van der Waals surface area contributed by atoms with Gasteiger partial charge in [-0.2, -0.15) is 0 Å². The molecule has 0 fully saturated rings. The van der Waals surface area contributed by atoms with Gasteiger partial charge in [0.2, 0.25) is 0 Å². The van der Waals surface area contributed by atoms with Crippen LogP contribution < -0.4 is 0 Å². The smallest absolute Gasteiger partial charge is 0.337 e. The fraction of sp³-hybridized carbons (Fsp3) is 0.0588. The van der Waals surface area contributed by atoms with E-state index in [1.54, 1.807) is 42.5 Å². The van der Waals surface area contributed by atoms with Crippen molar-refractivity contribution in [2.75, 3.05) is 7.11 Å². The third kappa shape index (κ3) is 3.42. The standard InChI is InChI=1S/C17H14O3/c1-20-17(19)15-10-7-13(8-11-15)9-12-16(18)14-5-3-2-4-6-14/h2-12H,1H3/b12-9-. The second-order valence-corrected chi connectivity index (χ2v) is 4.18. The van der Waals surface area contributed by atoms with Crippen LogP contribution in [0, 0.1) is 0 Å². The Morgan fingerprint density at radius 1 is 0.900 bits per heavy atom. The quantitative estimate of drug-likeness (QED) is 0.484. The minimum absolute atomic E-state index is 0.0531. The molecule has 0 aliphatic heterocycles. The van der Waals surface area contributed by atoms with Gasteiger partial charge in [-0.1, -0.05) is 48.5 Å². The van der Waals surface area contributed by atoms with E-state index in [0.29, 0.717) is 11.1 Å². The van der Waals surface area contributed by atoms with Crippen LogP contribution in [0.4, 0.5) is 0 Å². The molecule has 0 atom stereocenters. The number of hydrogen-bond acceptors (Lipinski definition) is 3. The van der Waals surface area contributed by atoms with E-state index in [2.05, 4.69) is 4.74 Å². The van der Waals surface area contributed by atoms with E-state index in [1.807, 2.05) is 18.2 Å². The summed E-state index contributed by atoms with van der Waals surface area (Å²) < 4.78 is 4.62. The molecule has 0 saturated carbocycles. The first-order valence-electron chi connectivity index (χ1n) is 6.16. The van der Waals surface area contributed by atoms with Crippen molar-refractivity contribution in [3.63, 3.8) is 0 Å². The predicted octanol–water partition coefficient (Wildman–Crippen LogP) is 3.37. The van der Waals surface area contributed by atoms with Crippen molar-refractivity contribution in [3.8, 4) is 0 Å². The number of carbonyl (C=O) groups is 2. The highest BCUT2D eigenvalue weighted by molar-refractivity contribution is 6.06. The lowest BCUT2D eigenvalue weighted by Gasteiger charge is -1.99. The van der Waals surface area contributed by atoms with E-state index in [4.69, 9.17) is 0 Å². The molecule has 0 radical (unpaired) electrons. The number of ketones is 1. The van der Waals surface area contributed by atoms with Crippen LogP contribution >= 0.6 is 0 Å². The molecule has 20 heavy (non-hydrogen) atoms. The Hall–Kier alpha value is -2.68. The maximum absolute atomic E-state index is 11.9.